The second-order valence-electron chi connectivity index (χ2n) is 6.15. The van der Waals surface area contributed by atoms with E-state index in [1.807, 2.05) is 78.9 Å². The fourth-order valence-electron chi connectivity index (χ4n) is 2.68. The van der Waals surface area contributed by atoms with E-state index in [1.165, 1.54) is 11.8 Å². The highest BCUT2D eigenvalue weighted by Crippen LogP contribution is 2.39. The van der Waals surface area contributed by atoms with Gasteiger partial charge in [-0.3, -0.25) is 4.79 Å². The molecule has 0 saturated heterocycles. The minimum absolute atomic E-state index is 0.0132. The van der Waals surface area contributed by atoms with Crippen LogP contribution in [0.1, 0.15) is 10.4 Å². The molecule has 0 fully saturated rings. The zero-order chi connectivity index (χ0) is 19.9. The van der Waals surface area contributed by atoms with E-state index in [0.717, 1.165) is 11.3 Å². The van der Waals surface area contributed by atoms with E-state index >= 15 is 0 Å². The SMILES string of the molecule is O=C(CSc1onc(-c2ccccc2)c1N=Nc1ccccc1)c1ccccc1. The Kier molecular flexibility index (Phi) is 5.92. The molecule has 4 rings (SSSR count). The Morgan fingerprint density at radius 3 is 2.14 bits per heavy atom. The molecule has 4 aromatic rings. The number of nitrogens with zero attached hydrogens (tertiary/aromatic N) is 3. The highest BCUT2D eigenvalue weighted by Gasteiger charge is 2.19. The van der Waals surface area contributed by atoms with E-state index < -0.39 is 0 Å². The zero-order valence-electron chi connectivity index (χ0n) is 15.4. The van der Waals surface area contributed by atoms with Crippen LogP contribution in [0.3, 0.4) is 0 Å². The molecule has 0 spiro atoms. The third kappa shape index (κ3) is 4.67. The van der Waals surface area contributed by atoms with Crippen molar-refractivity contribution < 1.29 is 9.32 Å². The normalized spacial score (nSPS) is 11.0. The monoisotopic (exact) mass is 399 g/mol. The first-order valence-electron chi connectivity index (χ1n) is 9.04. The molecule has 0 amide bonds. The maximum Gasteiger partial charge on any atom is 0.221 e. The van der Waals surface area contributed by atoms with Crippen molar-refractivity contribution >= 4 is 28.9 Å². The number of hydrogen-bond acceptors (Lipinski definition) is 6. The number of carbonyl (C=O) groups excluding carboxylic acids is 1. The predicted octanol–water partition coefficient (Wildman–Crippen LogP) is 6.73. The van der Waals surface area contributed by atoms with Gasteiger partial charge >= 0.3 is 0 Å². The van der Waals surface area contributed by atoms with Gasteiger partial charge in [-0.1, -0.05) is 95.8 Å². The highest BCUT2D eigenvalue weighted by atomic mass is 32.2. The van der Waals surface area contributed by atoms with Crippen molar-refractivity contribution in [2.75, 3.05) is 5.75 Å². The van der Waals surface area contributed by atoms with Crippen molar-refractivity contribution in [1.29, 1.82) is 0 Å². The van der Waals surface area contributed by atoms with Crippen LogP contribution in [0, 0.1) is 0 Å². The standard InChI is InChI=1S/C23H17N3O2S/c27-20(17-10-4-1-5-11-17)16-29-23-22(25-24-19-14-8-3-9-15-19)21(26-28-23)18-12-6-2-7-13-18/h1-15H,16H2. The number of azo groups is 1. The molecule has 6 heteroatoms. The lowest BCUT2D eigenvalue weighted by atomic mass is 10.1. The fraction of sp³-hybridized carbons (Fsp3) is 0.0435. The lowest BCUT2D eigenvalue weighted by Gasteiger charge is -2.00. The summed E-state index contributed by atoms with van der Waals surface area (Å²) in [6, 6.07) is 28.3. The topological polar surface area (TPSA) is 67.8 Å². The number of rotatable bonds is 7. The second-order valence-corrected chi connectivity index (χ2v) is 7.09. The van der Waals surface area contributed by atoms with Gasteiger partial charge in [0, 0.05) is 11.1 Å². The van der Waals surface area contributed by atoms with Crippen LogP contribution in [0.4, 0.5) is 11.4 Å². The second kappa shape index (κ2) is 9.12. The van der Waals surface area contributed by atoms with Crippen LogP contribution < -0.4 is 0 Å². The smallest absolute Gasteiger partial charge is 0.221 e. The first-order valence-corrected chi connectivity index (χ1v) is 10.0. The average Bonchev–Trinajstić information content (AvgIpc) is 3.20. The molecular formula is C23H17N3O2S. The summed E-state index contributed by atoms with van der Waals surface area (Å²) >= 11 is 1.27. The van der Waals surface area contributed by atoms with Crippen molar-refractivity contribution in [3.63, 3.8) is 0 Å². The maximum atomic E-state index is 12.4. The highest BCUT2D eigenvalue weighted by molar-refractivity contribution is 8.00. The Morgan fingerprint density at radius 2 is 1.45 bits per heavy atom. The lowest BCUT2D eigenvalue weighted by molar-refractivity contribution is 0.102. The molecule has 0 radical (unpaired) electrons. The van der Waals surface area contributed by atoms with E-state index in [0.29, 0.717) is 22.0 Å². The van der Waals surface area contributed by atoms with E-state index in [-0.39, 0.29) is 11.5 Å². The van der Waals surface area contributed by atoms with Gasteiger partial charge in [-0.2, -0.15) is 5.11 Å². The summed E-state index contributed by atoms with van der Waals surface area (Å²) in [7, 11) is 0. The molecule has 0 saturated carbocycles. The van der Waals surface area contributed by atoms with Crippen LogP contribution in [-0.4, -0.2) is 16.7 Å². The number of benzene rings is 3. The molecule has 142 valence electrons. The largest absolute Gasteiger partial charge is 0.347 e. The molecule has 0 aliphatic heterocycles. The molecule has 0 atom stereocenters. The number of Topliss-reactive ketones (excluding diaryl/α,β-unsaturated/α-hetero) is 1. The van der Waals surface area contributed by atoms with Crippen LogP contribution in [0.5, 0.6) is 0 Å². The molecule has 29 heavy (non-hydrogen) atoms. The van der Waals surface area contributed by atoms with Gasteiger partial charge in [-0.05, 0) is 12.1 Å². The van der Waals surface area contributed by atoms with Crippen molar-refractivity contribution in [3.05, 3.63) is 96.6 Å². The van der Waals surface area contributed by atoms with Crippen molar-refractivity contribution in [2.24, 2.45) is 10.2 Å². The van der Waals surface area contributed by atoms with E-state index in [2.05, 4.69) is 15.4 Å². The minimum Gasteiger partial charge on any atom is -0.347 e. The van der Waals surface area contributed by atoms with Gasteiger partial charge in [0.15, 0.2) is 11.5 Å². The molecule has 0 aliphatic carbocycles. The van der Waals surface area contributed by atoms with E-state index in [9.17, 15) is 4.79 Å². The van der Waals surface area contributed by atoms with E-state index in [4.69, 9.17) is 4.52 Å². The van der Waals surface area contributed by atoms with Gasteiger partial charge in [-0.25, -0.2) is 0 Å². The maximum absolute atomic E-state index is 12.4. The van der Waals surface area contributed by atoms with E-state index in [1.54, 1.807) is 12.1 Å². The molecule has 0 bridgehead atoms. The first kappa shape index (κ1) is 18.8. The summed E-state index contributed by atoms with van der Waals surface area (Å²) in [5, 5.41) is 13.4. The Labute approximate surface area is 172 Å². The third-order valence-electron chi connectivity index (χ3n) is 4.14. The minimum atomic E-state index is 0.0132. The van der Waals surface area contributed by atoms with Gasteiger partial charge in [0.05, 0.1) is 11.4 Å². The van der Waals surface area contributed by atoms with Crippen LogP contribution in [0.15, 0.2) is 111 Å². The number of ketones is 1. The number of thioether (sulfide) groups is 1. The van der Waals surface area contributed by atoms with Gasteiger partial charge in [0.25, 0.3) is 0 Å². The lowest BCUT2D eigenvalue weighted by Crippen LogP contribution is -2.01. The quantitative estimate of drug-likeness (QED) is 0.196. The Balaban J connectivity index is 1.62. The molecule has 1 heterocycles. The van der Waals surface area contributed by atoms with Gasteiger partial charge < -0.3 is 4.52 Å². The average molecular weight is 399 g/mol. The molecule has 0 unspecified atom stereocenters. The first-order chi connectivity index (χ1) is 14.3. The number of hydrogen-bond donors (Lipinski definition) is 0. The van der Waals surface area contributed by atoms with Gasteiger partial charge in [-0.15, -0.1) is 5.11 Å². The summed E-state index contributed by atoms with van der Waals surface area (Å²) in [4.78, 5) is 12.4. The Morgan fingerprint density at radius 1 is 0.828 bits per heavy atom. The summed E-state index contributed by atoms with van der Waals surface area (Å²) in [5.74, 6) is 0.237. The Hall–Kier alpha value is -3.51. The summed E-state index contributed by atoms with van der Waals surface area (Å²) in [6.07, 6.45) is 0. The molecular weight excluding hydrogens is 382 g/mol. The van der Waals surface area contributed by atoms with Gasteiger partial charge in [0.2, 0.25) is 5.09 Å². The Bertz CT molecular complexity index is 1110. The molecule has 0 N–H and O–H groups in total. The molecule has 0 aliphatic rings. The van der Waals surface area contributed by atoms with Crippen molar-refractivity contribution in [2.45, 2.75) is 5.09 Å². The summed E-state index contributed by atoms with van der Waals surface area (Å²) in [5.41, 5.74) is 3.38. The summed E-state index contributed by atoms with van der Waals surface area (Å²) < 4.78 is 5.53. The fourth-order valence-corrected chi connectivity index (χ4v) is 3.47. The molecule has 5 nitrogen and oxygen atoms in total. The van der Waals surface area contributed by atoms with Crippen LogP contribution in [0.2, 0.25) is 0 Å². The van der Waals surface area contributed by atoms with Crippen LogP contribution in [-0.2, 0) is 0 Å². The van der Waals surface area contributed by atoms with Crippen molar-refractivity contribution in [3.8, 4) is 11.3 Å². The summed E-state index contributed by atoms with van der Waals surface area (Å²) in [6.45, 7) is 0. The van der Waals surface area contributed by atoms with Gasteiger partial charge in [0.1, 0.15) is 5.69 Å². The predicted molar refractivity (Wildman–Crippen MR) is 114 cm³/mol. The third-order valence-corrected chi connectivity index (χ3v) is 5.07. The van der Waals surface area contributed by atoms with Crippen LogP contribution in [0.25, 0.3) is 11.3 Å². The zero-order valence-corrected chi connectivity index (χ0v) is 16.3. The number of carbonyl (C=O) groups is 1. The molecule has 1 aromatic heterocycles. The molecule has 3 aromatic carbocycles. The number of aromatic nitrogens is 1. The van der Waals surface area contributed by atoms with Crippen molar-refractivity contribution in [1.82, 2.24) is 5.16 Å². The van der Waals surface area contributed by atoms with Crippen LogP contribution >= 0.6 is 11.8 Å².